The maximum atomic E-state index is 12.0. The van der Waals surface area contributed by atoms with Crippen LogP contribution in [-0.4, -0.2) is 41.5 Å². The van der Waals surface area contributed by atoms with Gasteiger partial charge in [-0.1, -0.05) is 12.1 Å². The average Bonchev–Trinajstić information content (AvgIpc) is 2.43. The fourth-order valence-electron chi connectivity index (χ4n) is 1.55. The minimum Gasteiger partial charge on any atom is -0.326 e. The number of amides is 1. The second kappa shape index (κ2) is 7.67. The number of rotatable bonds is 7. The maximum Gasteiger partial charge on any atom is 0.239 e. The van der Waals surface area contributed by atoms with Crippen molar-refractivity contribution in [2.75, 3.05) is 23.1 Å². The molecule has 0 spiro atoms. The number of hydrogen-bond donors (Lipinski definition) is 2. The van der Waals surface area contributed by atoms with Crippen LogP contribution in [0.25, 0.3) is 0 Å². The predicted molar refractivity (Wildman–Crippen MR) is 85.1 cm³/mol. The van der Waals surface area contributed by atoms with Crippen molar-refractivity contribution < 1.29 is 17.4 Å². The molecule has 2 atom stereocenters. The first kappa shape index (κ1) is 17.8. The van der Waals surface area contributed by atoms with Crippen molar-refractivity contribution in [1.29, 1.82) is 0 Å². The van der Waals surface area contributed by atoms with E-state index in [-0.39, 0.29) is 11.5 Å². The van der Waals surface area contributed by atoms with Gasteiger partial charge in [-0.25, -0.2) is 8.42 Å². The van der Waals surface area contributed by atoms with Crippen LogP contribution < -0.4 is 11.1 Å². The number of benzene rings is 1. The molecule has 0 aromatic heterocycles. The molecule has 0 saturated heterocycles. The largest absolute Gasteiger partial charge is 0.326 e. The molecule has 0 aliphatic rings. The topological polar surface area (TPSA) is 106 Å². The van der Waals surface area contributed by atoms with E-state index in [2.05, 4.69) is 5.32 Å². The van der Waals surface area contributed by atoms with Crippen LogP contribution in [0.3, 0.4) is 0 Å². The number of hydrogen-bond acceptors (Lipinski definition) is 5. The second-order valence-corrected chi connectivity index (χ2v) is 8.89. The third kappa shape index (κ3) is 6.36. The van der Waals surface area contributed by atoms with Crippen LogP contribution in [0.1, 0.15) is 12.5 Å². The molecule has 0 saturated carbocycles. The van der Waals surface area contributed by atoms with Gasteiger partial charge in [0.1, 0.15) is 15.1 Å². The summed E-state index contributed by atoms with van der Waals surface area (Å²) in [5, 5.41) is 1.87. The lowest BCUT2D eigenvalue weighted by Gasteiger charge is -2.12. The highest BCUT2D eigenvalue weighted by atomic mass is 32.2. The molecule has 21 heavy (non-hydrogen) atoms. The van der Waals surface area contributed by atoms with E-state index in [4.69, 9.17) is 5.73 Å². The van der Waals surface area contributed by atoms with Gasteiger partial charge in [0, 0.05) is 35.0 Å². The average molecular weight is 332 g/mol. The highest BCUT2D eigenvalue weighted by Crippen LogP contribution is 2.11. The first-order valence-electron chi connectivity index (χ1n) is 6.37. The van der Waals surface area contributed by atoms with E-state index < -0.39 is 31.8 Å². The zero-order valence-corrected chi connectivity index (χ0v) is 13.7. The van der Waals surface area contributed by atoms with Gasteiger partial charge in [-0.3, -0.25) is 9.00 Å². The van der Waals surface area contributed by atoms with Crippen LogP contribution in [0.15, 0.2) is 24.3 Å². The molecule has 3 N–H and O–H groups in total. The summed E-state index contributed by atoms with van der Waals surface area (Å²) in [5.74, 6) is -0.646. The van der Waals surface area contributed by atoms with Crippen molar-refractivity contribution in [3.05, 3.63) is 29.8 Å². The quantitative estimate of drug-likeness (QED) is 0.745. The van der Waals surface area contributed by atoms with E-state index in [9.17, 15) is 17.4 Å². The highest BCUT2D eigenvalue weighted by Gasteiger charge is 2.21. The van der Waals surface area contributed by atoms with Gasteiger partial charge in [0.05, 0.1) is 5.75 Å². The monoisotopic (exact) mass is 332 g/mol. The summed E-state index contributed by atoms with van der Waals surface area (Å²) in [4.78, 5) is 12.0. The molecular weight excluding hydrogens is 312 g/mol. The Balaban J connectivity index is 2.63. The van der Waals surface area contributed by atoms with Crippen molar-refractivity contribution >= 4 is 32.2 Å². The zero-order valence-electron chi connectivity index (χ0n) is 12.0. The zero-order chi connectivity index (χ0) is 16.0. The molecule has 1 aromatic carbocycles. The minimum atomic E-state index is -3.18. The van der Waals surface area contributed by atoms with E-state index >= 15 is 0 Å². The first-order valence-corrected chi connectivity index (χ1v) is 9.82. The highest BCUT2D eigenvalue weighted by molar-refractivity contribution is 7.92. The van der Waals surface area contributed by atoms with Crippen LogP contribution in [0.5, 0.6) is 0 Å². The Morgan fingerprint density at radius 3 is 2.67 bits per heavy atom. The first-order chi connectivity index (χ1) is 9.73. The molecule has 2 unspecified atom stereocenters. The molecule has 1 amide bonds. The van der Waals surface area contributed by atoms with Crippen molar-refractivity contribution in [2.24, 2.45) is 5.73 Å². The van der Waals surface area contributed by atoms with Gasteiger partial charge in [-0.2, -0.15) is 0 Å². The van der Waals surface area contributed by atoms with Crippen LogP contribution in [-0.2, 0) is 32.0 Å². The van der Waals surface area contributed by atoms with Crippen molar-refractivity contribution in [2.45, 2.75) is 18.7 Å². The van der Waals surface area contributed by atoms with E-state index in [0.717, 1.165) is 11.8 Å². The molecule has 0 bridgehead atoms. The SMILES string of the molecule is CC(C(=O)Nc1cccc(CN)c1)S(=O)CCS(C)(=O)=O. The third-order valence-electron chi connectivity index (χ3n) is 2.85. The summed E-state index contributed by atoms with van der Waals surface area (Å²) >= 11 is 0. The van der Waals surface area contributed by atoms with Gasteiger partial charge < -0.3 is 11.1 Å². The number of carbonyl (C=O) groups is 1. The lowest BCUT2D eigenvalue weighted by Crippen LogP contribution is -2.31. The molecule has 0 radical (unpaired) electrons. The molecule has 0 heterocycles. The summed E-state index contributed by atoms with van der Waals surface area (Å²) in [5.41, 5.74) is 6.97. The molecule has 1 rings (SSSR count). The number of sulfone groups is 1. The Labute approximate surface area is 127 Å². The van der Waals surface area contributed by atoms with Crippen LogP contribution in [0.4, 0.5) is 5.69 Å². The standard InChI is InChI=1S/C13H20N2O4S2/c1-10(20(17)6-7-21(2,18)19)13(16)15-12-5-3-4-11(8-12)9-14/h3-5,8,10H,6-7,9,14H2,1-2H3,(H,15,16). The summed E-state index contributed by atoms with van der Waals surface area (Å²) in [6, 6.07) is 7.06. The maximum absolute atomic E-state index is 12.0. The molecule has 0 aliphatic carbocycles. The Morgan fingerprint density at radius 1 is 1.43 bits per heavy atom. The Kier molecular flexibility index (Phi) is 6.50. The number of nitrogens with one attached hydrogen (secondary N) is 1. The molecule has 1 aromatic rings. The summed E-state index contributed by atoms with van der Waals surface area (Å²) in [6.07, 6.45) is 1.08. The molecular formula is C13H20N2O4S2. The molecule has 6 nitrogen and oxygen atoms in total. The molecule has 8 heteroatoms. The van der Waals surface area contributed by atoms with Gasteiger partial charge in [-0.05, 0) is 24.6 Å². The summed E-state index contributed by atoms with van der Waals surface area (Å²) < 4.78 is 34.0. The van der Waals surface area contributed by atoms with Crippen LogP contribution in [0, 0.1) is 0 Å². The van der Waals surface area contributed by atoms with Gasteiger partial charge in [0.15, 0.2) is 0 Å². The number of anilines is 1. The van der Waals surface area contributed by atoms with E-state index in [1.165, 1.54) is 6.92 Å². The number of carbonyl (C=O) groups excluding carboxylic acids is 1. The normalized spacial score (nSPS) is 14.4. The molecule has 0 aliphatic heterocycles. The van der Waals surface area contributed by atoms with Gasteiger partial charge in [0.2, 0.25) is 5.91 Å². The van der Waals surface area contributed by atoms with Gasteiger partial charge in [-0.15, -0.1) is 0 Å². The lowest BCUT2D eigenvalue weighted by molar-refractivity contribution is -0.115. The molecule has 118 valence electrons. The van der Waals surface area contributed by atoms with Gasteiger partial charge in [0.25, 0.3) is 0 Å². The van der Waals surface area contributed by atoms with E-state index in [0.29, 0.717) is 12.2 Å². The number of nitrogens with two attached hydrogens (primary N) is 1. The van der Waals surface area contributed by atoms with Crippen molar-refractivity contribution in [1.82, 2.24) is 0 Å². The molecule has 0 fully saturated rings. The van der Waals surface area contributed by atoms with E-state index in [1.54, 1.807) is 18.2 Å². The summed E-state index contributed by atoms with van der Waals surface area (Å²) in [6.45, 7) is 1.88. The fourth-order valence-corrected chi connectivity index (χ4v) is 4.07. The van der Waals surface area contributed by atoms with E-state index in [1.807, 2.05) is 6.07 Å². The Bertz CT molecular complexity index is 629. The van der Waals surface area contributed by atoms with Crippen LogP contribution >= 0.6 is 0 Å². The summed E-state index contributed by atoms with van der Waals surface area (Å²) in [7, 11) is -4.72. The Morgan fingerprint density at radius 2 is 2.10 bits per heavy atom. The fraction of sp³-hybridized carbons (Fsp3) is 0.462. The van der Waals surface area contributed by atoms with Crippen LogP contribution in [0.2, 0.25) is 0 Å². The van der Waals surface area contributed by atoms with Crippen molar-refractivity contribution in [3.63, 3.8) is 0 Å². The van der Waals surface area contributed by atoms with Crippen molar-refractivity contribution in [3.8, 4) is 0 Å². The minimum absolute atomic E-state index is 0.0454. The van der Waals surface area contributed by atoms with Gasteiger partial charge >= 0.3 is 0 Å². The third-order valence-corrected chi connectivity index (χ3v) is 5.66. The predicted octanol–water partition coefficient (Wildman–Crippen LogP) is 0.266. The smallest absolute Gasteiger partial charge is 0.239 e. The lowest BCUT2D eigenvalue weighted by atomic mass is 10.2. The second-order valence-electron chi connectivity index (χ2n) is 4.75. The Hall–Kier alpha value is -1.25.